The molecule has 0 radical (unpaired) electrons. The van der Waals surface area contributed by atoms with E-state index in [1.807, 2.05) is 31.2 Å². The first kappa shape index (κ1) is 20.5. The first-order valence-electron chi connectivity index (χ1n) is 9.04. The molecule has 0 aromatic heterocycles. The quantitative estimate of drug-likeness (QED) is 0.591. The zero-order valence-corrected chi connectivity index (χ0v) is 15.7. The third kappa shape index (κ3) is 6.11. The van der Waals surface area contributed by atoms with Crippen LogP contribution in [0.1, 0.15) is 41.4 Å². The lowest BCUT2D eigenvalue weighted by Gasteiger charge is -2.15. The van der Waals surface area contributed by atoms with Crippen LogP contribution in [-0.2, 0) is 16.0 Å². The van der Waals surface area contributed by atoms with Crippen LogP contribution in [0.5, 0.6) is 0 Å². The van der Waals surface area contributed by atoms with Gasteiger partial charge in [-0.15, -0.1) is 0 Å². The van der Waals surface area contributed by atoms with Gasteiger partial charge in [0.2, 0.25) is 0 Å². The third-order valence-corrected chi connectivity index (χ3v) is 4.17. The minimum atomic E-state index is -0.592. The molecule has 0 aliphatic rings. The molecule has 2 aromatic carbocycles. The minimum absolute atomic E-state index is 0.0527. The second-order valence-electron chi connectivity index (χ2n) is 6.16. The van der Waals surface area contributed by atoms with Crippen molar-refractivity contribution in [1.82, 2.24) is 5.32 Å². The van der Waals surface area contributed by atoms with E-state index < -0.39 is 5.97 Å². The number of esters is 1. The van der Waals surface area contributed by atoms with E-state index in [2.05, 4.69) is 17.6 Å². The number of carbonyl (C=O) groups is 2. The molecule has 1 amide bonds. The van der Waals surface area contributed by atoms with Crippen molar-refractivity contribution in [1.29, 1.82) is 0 Å². The highest BCUT2D eigenvalue weighted by atomic mass is 16.5. The summed E-state index contributed by atoms with van der Waals surface area (Å²) in [6.07, 6.45) is 0.964. The van der Waals surface area contributed by atoms with Crippen molar-refractivity contribution >= 4 is 17.6 Å². The molecule has 1 atom stereocenters. The molecule has 144 valence electrons. The van der Waals surface area contributed by atoms with E-state index >= 15 is 0 Å². The number of hydrogen-bond donors (Lipinski definition) is 3. The molecule has 27 heavy (non-hydrogen) atoms. The highest BCUT2D eigenvalue weighted by molar-refractivity contribution is 5.96. The number of hydrogen-bond acceptors (Lipinski definition) is 5. The summed E-state index contributed by atoms with van der Waals surface area (Å²) in [6.45, 7) is 3.88. The Morgan fingerprint density at radius 2 is 1.81 bits per heavy atom. The Hall–Kier alpha value is -2.86. The number of aryl methyl sites for hydroxylation is 1. The number of amides is 1. The van der Waals surface area contributed by atoms with Gasteiger partial charge in [-0.2, -0.15) is 0 Å². The van der Waals surface area contributed by atoms with Crippen LogP contribution in [0, 0.1) is 0 Å². The number of anilines is 1. The normalized spacial score (nSPS) is 11.5. The lowest BCUT2D eigenvalue weighted by Crippen LogP contribution is -2.31. The van der Waals surface area contributed by atoms with Gasteiger partial charge in [0.05, 0.1) is 18.2 Å². The van der Waals surface area contributed by atoms with Crippen LogP contribution >= 0.6 is 0 Å². The van der Waals surface area contributed by atoms with Crippen molar-refractivity contribution in [3.8, 4) is 0 Å². The van der Waals surface area contributed by atoms with Crippen molar-refractivity contribution in [2.24, 2.45) is 0 Å². The molecule has 0 bridgehead atoms. The van der Waals surface area contributed by atoms with Gasteiger partial charge in [0.25, 0.3) is 5.91 Å². The summed E-state index contributed by atoms with van der Waals surface area (Å²) in [7, 11) is 0. The molecule has 0 aliphatic carbocycles. The predicted molar refractivity (Wildman–Crippen MR) is 105 cm³/mol. The standard InChI is InChI=1S/C21H26N2O4/c1-3-16-8-10-17(11-9-16)15(2)23-20(25)14-27-21(26)18-6-4-5-7-19(18)22-12-13-24/h4-11,15,22,24H,3,12-14H2,1-2H3,(H,23,25)/t15-/m1/s1. The number of benzene rings is 2. The van der Waals surface area contributed by atoms with E-state index in [0.29, 0.717) is 17.8 Å². The minimum Gasteiger partial charge on any atom is -0.452 e. The van der Waals surface area contributed by atoms with Gasteiger partial charge >= 0.3 is 5.97 Å². The Balaban J connectivity index is 1.88. The van der Waals surface area contributed by atoms with Crippen LogP contribution in [-0.4, -0.2) is 36.7 Å². The van der Waals surface area contributed by atoms with Crippen molar-refractivity contribution in [3.63, 3.8) is 0 Å². The van der Waals surface area contributed by atoms with Gasteiger partial charge in [0.15, 0.2) is 6.61 Å². The van der Waals surface area contributed by atoms with E-state index in [0.717, 1.165) is 12.0 Å². The smallest absolute Gasteiger partial charge is 0.340 e. The Morgan fingerprint density at radius 1 is 1.11 bits per heavy atom. The summed E-state index contributed by atoms with van der Waals surface area (Å²) >= 11 is 0. The summed E-state index contributed by atoms with van der Waals surface area (Å²) in [5.41, 5.74) is 3.10. The maximum atomic E-state index is 12.3. The molecule has 2 aromatic rings. The van der Waals surface area contributed by atoms with Crippen molar-refractivity contribution < 1.29 is 19.4 Å². The molecule has 0 unspecified atom stereocenters. The van der Waals surface area contributed by atoms with Crippen molar-refractivity contribution in [2.75, 3.05) is 25.1 Å². The fraction of sp³-hybridized carbons (Fsp3) is 0.333. The molecule has 0 saturated heterocycles. The summed E-state index contributed by atoms with van der Waals surface area (Å²) in [6, 6.07) is 14.7. The molecule has 0 heterocycles. The van der Waals surface area contributed by atoms with Crippen LogP contribution in [0.25, 0.3) is 0 Å². The summed E-state index contributed by atoms with van der Waals surface area (Å²) < 4.78 is 5.13. The van der Waals surface area contributed by atoms with Gasteiger partial charge in [0.1, 0.15) is 0 Å². The molecule has 2 rings (SSSR count). The van der Waals surface area contributed by atoms with Gasteiger partial charge < -0.3 is 20.5 Å². The van der Waals surface area contributed by atoms with Gasteiger partial charge in [-0.05, 0) is 36.6 Å². The SMILES string of the molecule is CCc1ccc([C@@H](C)NC(=O)COC(=O)c2ccccc2NCCO)cc1. The Labute approximate surface area is 159 Å². The number of aliphatic hydroxyl groups excluding tert-OH is 1. The number of aliphatic hydroxyl groups is 1. The van der Waals surface area contributed by atoms with Crippen LogP contribution in [0.4, 0.5) is 5.69 Å². The zero-order valence-electron chi connectivity index (χ0n) is 15.7. The van der Waals surface area contributed by atoms with E-state index in [4.69, 9.17) is 9.84 Å². The van der Waals surface area contributed by atoms with Gasteiger partial charge in [-0.25, -0.2) is 4.79 Å². The fourth-order valence-electron chi connectivity index (χ4n) is 2.62. The monoisotopic (exact) mass is 370 g/mol. The number of ether oxygens (including phenoxy) is 1. The number of rotatable bonds is 9. The zero-order chi connectivity index (χ0) is 19.6. The second-order valence-corrected chi connectivity index (χ2v) is 6.16. The molecule has 0 spiro atoms. The Kier molecular flexibility index (Phi) is 7.82. The van der Waals surface area contributed by atoms with E-state index in [-0.39, 0.29) is 25.2 Å². The Morgan fingerprint density at radius 3 is 2.48 bits per heavy atom. The molecule has 0 aliphatic heterocycles. The van der Waals surface area contributed by atoms with E-state index in [9.17, 15) is 9.59 Å². The predicted octanol–water partition coefficient (Wildman–Crippen LogP) is 2.69. The highest BCUT2D eigenvalue weighted by Gasteiger charge is 2.15. The van der Waals surface area contributed by atoms with Gasteiger partial charge in [-0.3, -0.25) is 4.79 Å². The lowest BCUT2D eigenvalue weighted by molar-refractivity contribution is -0.124. The van der Waals surface area contributed by atoms with E-state index in [1.165, 1.54) is 5.56 Å². The molecular formula is C21H26N2O4. The van der Waals surface area contributed by atoms with Crippen LogP contribution < -0.4 is 10.6 Å². The lowest BCUT2D eigenvalue weighted by atomic mass is 10.1. The largest absolute Gasteiger partial charge is 0.452 e. The molecule has 6 nitrogen and oxygen atoms in total. The second kappa shape index (κ2) is 10.3. The van der Waals surface area contributed by atoms with Crippen LogP contribution in [0.3, 0.4) is 0 Å². The summed E-state index contributed by atoms with van der Waals surface area (Å²) in [5.74, 6) is -0.956. The van der Waals surface area contributed by atoms with Crippen molar-refractivity contribution in [3.05, 3.63) is 65.2 Å². The molecule has 0 fully saturated rings. The topological polar surface area (TPSA) is 87.7 Å². The number of para-hydroxylation sites is 1. The summed E-state index contributed by atoms with van der Waals surface area (Å²) in [4.78, 5) is 24.4. The van der Waals surface area contributed by atoms with E-state index in [1.54, 1.807) is 24.3 Å². The van der Waals surface area contributed by atoms with Gasteiger partial charge in [0, 0.05) is 12.2 Å². The fourth-order valence-corrected chi connectivity index (χ4v) is 2.62. The highest BCUT2D eigenvalue weighted by Crippen LogP contribution is 2.16. The number of nitrogens with one attached hydrogen (secondary N) is 2. The number of carbonyl (C=O) groups excluding carboxylic acids is 2. The van der Waals surface area contributed by atoms with Crippen LogP contribution in [0.2, 0.25) is 0 Å². The molecular weight excluding hydrogens is 344 g/mol. The molecule has 3 N–H and O–H groups in total. The third-order valence-electron chi connectivity index (χ3n) is 4.17. The van der Waals surface area contributed by atoms with Crippen LogP contribution in [0.15, 0.2) is 48.5 Å². The molecule has 0 saturated carbocycles. The first-order valence-corrected chi connectivity index (χ1v) is 9.04. The maximum absolute atomic E-state index is 12.3. The van der Waals surface area contributed by atoms with Gasteiger partial charge in [-0.1, -0.05) is 43.3 Å². The molecule has 6 heteroatoms. The average Bonchev–Trinajstić information content (AvgIpc) is 2.70. The van der Waals surface area contributed by atoms with Crippen molar-refractivity contribution in [2.45, 2.75) is 26.3 Å². The maximum Gasteiger partial charge on any atom is 0.340 e. The first-order chi connectivity index (χ1) is 13.0. The average molecular weight is 370 g/mol. The summed E-state index contributed by atoms with van der Waals surface area (Å²) in [5, 5.41) is 14.7. The Bertz CT molecular complexity index is 759.